The Morgan fingerprint density at radius 3 is 1.53 bits per heavy atom. The highest BCUT2D eigenvalue weighted by atomic mass is 14.1. The maximum atomic E-state index is 2.34. The van der Waals surface area contributed by atoms with Crippen LogP contribution in [0.1, 0.15) is 92.4 Å². The molecule has 0 saturated carbocycles. The zero-order chi connectivity index (χ0) is 11.9. The molecule has 0 heterocycles. The summed E-state index contributed by atoms with van der Waals surface area (Å²) in [5.41, 5.74) is 0. The van der Waals surface area contributed by atoms with E-state index in [2.05, 4.69) is 34.6 Å². The molecule has 0 heteroatoms. The first-order chi connectivity index (χ1) is 7.26. The molecule has 0 N–H and O–H groups in total. The van der Waals surface area contributed by atoms with E-state index < -0.39 is 0 Å². The molecule has 0 nitrogen and oxygen atoms in total. The van der Waals surface area contributed by atoms with Gasteiger partial charge in [0.25, 0.3) is 0 Å². The van der Waals surface area contributed by atoms with Gasteiger partial charge in [0.2, 0.25) is 0 Å². The molecule has 94 valence electrons. The molecule has 0 saturated heterocycles. The van der Waals surface area contributed by atoms with Crippen molar-refractivity contribution in [2.45, 2.75) is 92.4 Å². The average Bonchev–Trinajstić information content (AvgIpc) is 2.24. The predicted octanol–water partition coefficient (Wildman–Crippen LogP) is 6.20. The maximum absolute atomic E-state index is 2.34. The van der Waals surface area contributed by atoms with E-state index in [1.807, 2.05) is 0 Å². The van der Waals surface area contributed by atoms with Crippen LogP contribution in [-0.2, 0) is 0 Å². The fourth-order valence-electron chi connectivity index (χ4n) is 1.73. The minimum absolute atomic E-state index is 1.02. The second-order valence-electron chi connectivity index (χ2n) is 4.62. The highest BCUT2D eigenvalue weighted by molar-refractivity contribution is 4.57. The molecule has 0 spiro atoms. The van der Waals surface area contributed by atoms with E-state index >= 15 is 0 Å². The molecule has 1 atom stereocenters. The quantitative estimate of drug-likeness (QED) is 0.422. The summed E-state index contributed by atoms with van der Waals surface area (Å²) in [6.07, 6.45) is 12.6. The Morgan fingerprint density at radius 2 is 1.13 bits per heavy atom. The van der Waals surface area contributed by atoms with Crippen molar-refractivity contribution in [2.75, 3.05) is 0 Å². The maximum Gasteiger partial charge on any atom is -0.0417 e. The lowest BCUT2D eigenvalue weighted by molar-refractivity contribution is 0.404. The first-order valence-corrected chi connectivity index (χ1v) is 7.26. The number of rotatable bonds is 8. The Morgan fingerprint density at radius 1 is 0.667 bits per heavy atom. The van der Waals surface area contributed by atoms with Crippen LogP contribution in [0, 0.1) is 5.92 Å². The van der Waals surface area contributed by atoms with Gasteiger partial charge in [0, 0.05) is 0 Å². The van der Waals surface area contributed by atoms with E-state index in [0.717, 1.165) is 5.92 Å². The van der Waals surface area contributed by atoms with Crippen molar-refractivity contribution < 1.29 is 0 Å². The molecule has 0 fully saturated rings. The molecular weight excluding hydrogens is 180 g/mol. The zero-order valence-corrected chi connectivity index (χ0v) is 11.9. The van der Waals surface area contributed by atoms with E-state index in [-0.39, 0.29) is 0 Å². The van der Waals surface area contributed by atoms with Crippen LogP contribution in [0.15, 0.2) is 0 Å². The van der Waals surface area contributed by atoms with Gasteiger partial charge in [-0.1, -0.05) is 92.4 Å². The zero-order valence-electron chi connectivity index (χ0n) is 11.9. The molecule has 0 aliphatic rings. The van der Waals surface area contributed by atoms with Gasteiger partial charge in [-0.3, -0.25) is 0 Å². The van der Waals surface area contributed by atoms with Crippen LogP contribution >= 0.6 is 0 Å². The molecule has 0 aromatic heterocycles. The molecular formula is C15H34. The molecule has 15 heavy (non-hydrogen) atoms. The molecule has 1 unspecified atom stereocenters. The van der Waals surface area contributed by atoms with Crippen molar-refractivity contribution in [3.05, 3.63) is 0 Å². The van der Waals surface area contributed by atoms with Gasteiger partial charge in [-0.05, 0) is 5.92 Å². The van der Waals surface area contributed by atoms with Gasteiger partial charge < -0.3 is 0 Å². The van der Waals surface area contributed by atoms with E-state index in [1.165, 1.54) is 57.8 Å². The van der Waals surface area contributed by atoms with Crippen LogP contribution in [0.2, 0.25) is 0 Å². The van der Waals surface area contributed by atoms with Gasteiger partial charge in [-0.25, -0.2) is 0 Å². The summed E-state index contributed by atoms with van der Waals surface area (Å²) in [5.74, 6) is 1.02. The lowest BCUT2D eigenvalue weighted by Crippen LogP contribution is -1.98. The second-order valence-corrected chi connectivity index (χ2v) is 4.62. The first kappa shape index (κ1) is 17.4. The molecule has 0 aliphatic carbocycles. The standard InChI is InChI=1S/C12H26.C3H8/c1-4-7-9-11-12(6-3)10-8-5-2;1-3-2/h12H,4-11H2,1-3H3;3H2,1-2H3. The van der Waals surface area contributed by atoms with Crippen LogP contribution < -0.4 is 0 Å². The summed E-state index contributed by atoms with van der Waals surface area (Å²) in [7, 11) is 0. The van der Waals surface area contributed by atoms with E-state index in [9.17, 15) is 0 Å². The Balaban J connectivity index is 0. The van der Waals surface area contributed by atoms with Gasteiger partial charge in [0.1, 0.15) is 0 Å². The number of hydrogen-bond acceptors (Lipinski definition) is 0. The Labute approximate surface area is 98.9 Å². The normalized spacial score (nSPS) is 11.8. The fraction of sp³-hybridized carbons (Fsp3) is 1.00. The van der Waals surface area contributed by atoms with Gasteiger partial charge in [0.15, 0.2) is 0 Å². The third-order valence-electron chi connectivity index (χ3n) is 2.76. The summed E-state index contributed by atoms with van der Waals surface area (Å²) in [5, 5.41) is 0. The van der Waals surface area contributed by atoms with Crippen molar-refractivity contribution in [3.8, 4) is 0 Å². The molecule has 0 amide bonds. The summed E-state index contributed by atoms with van der Waals surface area (Å²) in [4.78, 5) is 0. The van der Waals surface area contributed by atoms with Crippen molar-refractivity contribution in [2.24, 2.45) is 5.92 Å². The minimum atomic E-state index is 1.02. The van der Waals surface area contributed by atoms with Crippen LogP contribution in [-0.4, -0.2) is 0 Å². The lowest BCUT2D eigenvalue weighted by atomic mass is 9.93. The smallest absolute Gasteiger partial charge is 0.0417 e. The second kappa shape index (κ2) is 16.4. The van der Waals surface area contributed by atoms with Crippen molar-refractivity contribution >= 4 is 0 Å². The minimum Gasteiger partial charge on any atom is -0.0656 e. The Bertz CT molecular complexity index is 86.0. The highest BCUT2D eigenvalue weighted by Gasteiger charge is 2.04. The molecule has 0 radical (unpaired) electrons. The van der Waals surface area contributed by atoms with Crippen molar-refractivity contribution in [3.63, 3.8) is 0 Å². The summed E-state index contributed by atoms with van der Waals surface area (Å²) >= 11 is 0. The highest BCUT2D eigenvalue weighted by Crippen LogP contribution is 2.19. The topological polar surface area (TPSA) is 0 Å². The molecule has 0 aromatic carbocycles. The van der Waals surface area contributed by atoms with Crippen LogP contribution in [0.3, 0.4) is 0 Å². The Hall–Kier alpha value is 0. The third kappa shape index (κ3) is 16.7. The van der Waals surface area contributed by atoms with Gasteiger partial charge in [-0.2, -0.15) is 0 Å². The van der Waals surface area contributed by atoms with Crippen LogP contribution in [0.5, 0.6) is 0 Å². The van der Waals surface area contributed by atoms with E-state index in [0.29, 0.717) is 0 Å². The largest absolute Gasteiger partial charge is 0.0656 e. The van der Waals surface area contributed by atoms with Gasteiger partial charge in [-0.15, -0.1) is 0 Å². The summed E-state index contributed by atoms with van der Waals surface area (Å²) in [6.45, 7) is 11.2. The first-order valence-electron chi connectivity index (χ1n) is 7.26. The average molecular weight is 214 g/mol. The van der Waals surface area contributed by atoms with Crippen molar-refractivity contribution in [1.29, 1.82) is 0 Å². The number of unbranched alkanes of at least 4 members (excludes halogenated alkanes) is 3. The van der Waals surface area contributed by atoms with E-state index in [1.54, 1.807) is 0 Å². The molecule has 0 rings (SSSR count). The van der Waals surface area contributed by atoms with Crippen molar-refractivity contribution in [1.82, 2.24) is 0 Å². The SMILES string of the molecule is CCC.CCCCCC(CC)CCCC. The molecule has 0 aromatic rings. The molecule has 0 aliphatic heterocycles. The van der Waals surface area contributed by atoms with Gasteiger partial charge in [0.05, 0.1) is 0 Å². The predicted molar refractivity (Wildman–Crippen MR) is 73.4 cm³/mol. The summed E-state index contributed by atoms with van der Waals surface area (Å²) < 4.78 is 0. The van der Waals surface area contributed by atoms with E-state index in [4.69, 9.17) is 0 Å². The van der Waals surface area contributed by atoms with Crippen LogP contribution in [0.25, 0.3) is 0 Å². The Kier molecular flexibility index (Phi) is 19.1. The lowest BCUT2D eigenvalue weighted by Gasteiger charge is -2.13. The fourth-order valence-corrected chi connectivity index (χ4v) is 1.73. The number of hydrogen-bond donors (Lipinski definition) is 0. The summed E-state index contributed by atoms with van der Waals surface area (Å²) in [6, 6.07) is 0. The monoisotopic (exact) mass is 214 g/mol. The molecule has 0 bridgehead atoms. The van der Waals surface area contributed by atoms with Crippen LogP contribution in [0.4, 0.5) is 0 Å². The van der Waals surface area contributed by atoms with Gasteiger partial charge >= 0.3 is 0 Å². The third-order valence-corrected chi connectivity index (χ3v) is 2.76.